The predicted octanol–water partition coefficient (Wildman–Crippen LogP) is 2.65. The van der Waals surface area contributed by atoms with Gasteiger partial charge in [-0.05, 0) is 50.6 Å². The Labute approximate surface area is 121 Å². The number of hydrogen-bond donors (Lipinski definition) is 1. The second-order valence-electron chi connectivity index (χ2n) is 6.29. The molecule has 0 aliphatic heterocycles. The first-order valence-corrected chi connectivity index (χ1v) is 8.29. The standard InChI is InChI=1S/C17H26N2O/c20-17-11-10-14-6-4-9-16(14)19(17)13-5-12-18-15-7-2-1-3-8-15/h10-11,15,18H,1-9,12-13H2. The summed E-state index contributed by atoms with van der Waals surface area (Å²) in [7, 11) is 0. The lowest BCUT2D eigenvalue weighted by Gasteiger charge is -2.23. The first-order valence-electron chi connectivity index (χ1n) is 8.29. The van der Waals surface area contributed by atoms with Crippen molar-refractivity contribution < 1.29 is 0 Å². The number of fused-ring (bicyclic) bond motifs is 1. The van der Waals surface area contributed by atoms with Gasteiger partial charge in [-0.3, -0.25) is 4.79 Å². The second-order valence-corrected chi connectivity index (χ2v) is 6.29. The molecule has 1 aromatic heterocycles. The van der Waals surface area contributed by atoms with Crippen LogP contribution in [0, 0.1) is 0 Å². The molecule has 3 nitrogen and oxygen atoms in total. The second kappa shape index (κ2) is 6.57. The van der Waals surface area contributed by atoms with Crippen LogP contribution in [-0.4, -0.2) is 17.2 Å². The normalized spacial score (nSPS) is 19.2. The smallest absolute Gasteiger partial charge is 0.250 e. The van der Waals surface area contributed by atoms with Gasteiger partial charge >= 0.3 is 0 Å². The number of aromatic nitrogens is 1. The van der Waals surface area contributed by atoms with E-state index in [1.165, 1.54) is 49.8 Å². The fraction of sp³-hybridized carbons (Fsp3) is 0.706. The minimum atomic E-state index is 0.184. The van der Waals surface area contributed by atoms with E-state index in [1.807, 2.05) is 10.6 Å². The molecule has 0 aromatic carbocycles. The molecule has 0 atom stereocenters. The maximum Gasteiger partial charge on any atom is 0.250 e. The van der Waals surface area contributed by atoms with E-state index in [9.17, 15) is 4.79 Å². The van der Waals surface area contributed by atoms with Crippen molar-refractivity contribution in [2.45, 2.75) is 70.4 Å². The summed E-state index contributed by atoms with van der Waals surface area (Å²) in [5, 5.41) is 3.66. The summed E-state index contributed by atoms with van der Waals surface area (Å²) in [5.74, 6) is 0. The van der Waals surface area contributed by atoms with Crippen LogP contribution in [0.2, 0.25) is 0 Å². The topological polar surface area (TPSA) is 34.0 Å². The molecule has 20 heavy (non-hydrogen) atoms. The lowest BCUT2D eigenvalue weighted by molar-refractivity contribution is 0.368. The van der Waals surface area contributed by atoms with Crippen LogP contribution in [0.3, 0.4) is 0 Å². The van der Waals surface area contributed by atoms with Crippen LogP contribution in [0.4, 0.5) is 0 Å². The number of nitrogens with one attached hydrogen (secondary N) is 1. The third-order valence-electron chi connectivity index (χ3n) is 4.85. The first kappa shape index (κ1) is 13.9. The zero-order valence-corrected chi connectivity index (χ0v) is 12.4. The fourth-order valence-electron chi connectivity index (χ4n) is 3.73. The van der Waals surface area contributed by atoms with Crippen LogP contribution < -0.4 is 10.9 Å². The lowest BCUT2D eigenvalue weighted by atomic mass is 9.95. The quantitative estimate of drug-likeness (QED) is 0.838. The van der Waals surface area contributed by atoms with Gasteiger partial charge in [0.1, 0.15) is 0 Å². The molecule has 0 bridgehead atoms. The Bertz CT molecular complexity index is 500. The van der Waals surface area contributed by atoms with Gasteiger partial charge in [0.05, 0.1) is 0 Å². The Morgan fingerprint density at radius 1 is 1.10 bits per heavy atom. The monoisotopic (exact) mass is 274 g/mol. The van der Waals surface area contributed by atoms with Crippen LogP contribution in [0.15, 0.2) is 16.9 Å². The van der Waals surface area contributed by atoms with Crippen LogP contribution in [0.25, 0.3) is 0 Å². The molecule has 3 rings (SSSR count). The molecule has 1 N–H and O–H groups in total. The van der Waals surface area contributed by atoms with Crippen molar-refractivity contribution in [1.29, 1.82) is 0 Å². The minimum absolute atomic E-state index is 0.184. The summed E-state index contributed by atoms with van der Waals surface area (Å²) in [6.07, 6.45) is 11.3. The Kier molecular flexibility index (Phi) is 4.56. The molecular weight excluding hydrogens is 248 g/mol. The summed E-state index contributed by atoms with van der Waals surface area (Å²) in [6, 6.07) is 4.50. The van der Waals surface area contributed by atoms with Gasteiger partial charge in [-0.2, -0.15) is 0 Å². The van der Waals surface area contributed by atoms with Gasteiger partial charge in [0, 0.05) is 24.3 Å². The summed E-state index contributed by atoms with van der Waals surface area (Å²) >= 11 is 0. The van der Waals surface area contributed by atoms with Crippen molar-refractivity contribution in [3.63, 3.8) is 0 Å². The van der Waals surface area contributed by atoms with Crippen LogP contribution >= 0.6 is 0 Å². The van der Waals surface area contributed by atoms with Gasteiger partial charge in [0.2, 0.25) is 0 Å². The molecule has 0 unspecified atom stereocenters. The largest absolute Gasteiger partial charge is 0.314 e. The number of nitrogens with zero attached hydrogens (tertiary/aromatic N) is 1. The molecule has 0 saturated heterocycles. The molecule has 3 heteroatoms. The third kappa shape index (κ3) is 3.14. The third-order valence-corrected chi connectivity index (χ3v) is 4.85. The highest BCUT2D eigenvalue weighted by molar-refractivity contribution is 5.25. The van der Waals surface area contributed by atoms with Crippen LogP contribution in [0.5, 0.6) is 0 Å². The maximum atomic E-state index is 12.0. The molecule has 1 heterocycles. The SMILES string of the molecule is O=c1ccc2c(n1CCCNC1CCCCC1)CCC2. The van der Waals surface area contributed by atoms with Gasteiger partial charge in [0.25, 0.3) is 5.56 Å². The predicted molar refractivity (Wildman–Crippen MR) is 82.2 cm³/mol. The zero-order valence-electron chi connectivity index (χ0n) is 12.4. The van der Waals surface area contributed by atoms with Crippen molar-refractivity contribution in [3.05, 3.63) is 33.7 Å². The number of aryl methyl sites for hydroxylation is 1. The van der Waals surface area contributed by atoms with Gasteiger partial charge < -0.3 is 9.88 Å². The summed E-state index contributed by atoms with van der Waals surface area (Å²) in [4.78, 5) is 12.0. The van der Waals surface area contributed by atoms with Gasteiger partial charge in [0.15, 0.2) is 0 Å². The zero-order chi connectivity index (χ0) is 13.8. The van der Waals surface area contributed by atoms with E-state index in [2.05, 4.69) is 5.32 Å². The van der Waals surface area contributed by atoms with E-state index in [4.69, 9.17) is 0 Å². The molecular formula is C17H26N2O. The highest BCUT2D eigenvalue weighted by Gasteiger charge is 2.16. The highest BCUT2D eigenvalue weighted by Crippen LogP contribution is 2.20. The molecule has 2 aliphatic carbocycles. The van der Waals surface area contributed by atoms with E-state index < -0.39 is 0 Å². The molecule has 0 amide bonds. The van der Waals surface area contributed by atoms with Crippen molar-refractivity contribution in [3.8, 4) is 0 Å². The lowest BCUT2D eigenvalue weighted by Crippen LogP contribution is -2.33. The van der Waals surface area contributed by atoms with Crippen molar-refractivity contribution in [2.75, 3.05) is 6.54 Å². The molecule has 0 spiro atoms. The number of rotatable bonds is 5. The molecule has 1 saturated carbocycles. The fourth-order valence-corrected chi connectivity index (χ4v) is 3.73. The summed E-state index contributed by atoms with van der Waals surface area (Å²) in [5.41, 5.74) is 2.88. The Balaban J connectivity index is 1.51. The number of hydrogen-bond acceptors (Lipinski definition) is 2. The summed E-state index contributed by atoms with van der Waals surface area (Å²) in [6.45, 7) is 1.92. The Hall–Kier alpha value is -1.09. The average molecular weight is 274 g/mol. The van der Waals surface area contributed by atoms with Crippen molar-refractivity contribution >= 4 is 0 Å². The van der Waals surface area contributed by atoms with E-state index in [0.29, 0.717) is 0 Å². The van der Waals surface area contributed by atoms with E-state index in [0.717, 1.165) is 38.4 Å². The molecule has 110 valence electrons. The van der Waals surface area contributed by atoms with E-state index in [-0.39, 0.29) is 5.56 Å². The number of pyridine rings is 1. The summed E-state index contributed by atoms with van der Waals surface area (Å²) < 4.78 is 2.02. The Morgan fingerprint density at radius 3 is 2.80 bits per heavy atom. The molecule has 1 fully saturated rings. The van der Waals surface area contributed by atoms with Crippen LogP contribution in [0.1, 0.15) is 56.2 Å². The van der Waals surface area contributed by atoms with Gasteiger partial charge in [-0.25, -0.2) is 0 Å². The first-order chi connectivity index (χ1) is 9.84. The average Bonchev–Trinajstić information content (AvgIpc) is 2.95. The van der Waals surface area contributed by atoms with Crippen molar-refractivity contribution in [2.24, 2.45) is 0 Å². The Morgan fingerprint density at radius 2 is 1.95 bits per heavy atom. The minimum Gasteiger partial charge on any atom is -0.314 e. The molecule has 0 radical (unpaired) electrons. The highest BCUT2D eigenvalue weighted by atomic mass is 16.1. The van der Waals surface area contributed by atoms with Crippen molar-refractivity contribution in [1.82, 2.24) is 9.88 Å². The molecule has 1 aromatic rings. The van der Waals surface area contributed by atoms with Crippen LogP contribution in [-0.2, 0) is 19.4 Å². The molecule has 2 aliphatic rings. The van der Waals surface area contributed by atoms with Gasteiger partial charge in [-0.1, -0.05) is 25.3 Å². The van der Waals surface area contributed by atoms with E-state index in [1.54, 1.807) is 6.07 Å². The maximum absolute atomic E-state index is 12.0. The van der Waals surface area contributed by atoms with Gasteiger partial charge in [-0.15, -0.1) is 0 Å². The van der Waals surface area contributed by atoms with E-state index >= 15 is 0 Å².